The van der Waals surface area contributed by atoms with E-state index in [0.29, 0.717) is 61.3 Å². The predicted octanol–water partition coefficient (Wildman–Crippen LogP) is 3.02. The molecule has 2 aliphatic heterocycles. The fraction of sp³-hybridized carbons (Fsp3) is 0.357. The lowest BCUT2D eigenvalue weighted by Crippen LogP contribution is -2.42. The van der Waals surface area contributed by atoms with Crippen LogP contribution in [0.15, 0.2) is 60.7 Å². The van der Waals surface area contributed by atoms with E-state index >= 15 is 0 Å². The number of carbonyl (C=O) groups is 2. The van der Waals surface area contributed by atoms with E-state index in [1.807, 2.05) is 0 Å². The third-order valence-corrected chi connectivity index (χ3v) is 6.52. The number of aliphatic hydroxyl groups is 1. The lowest BCUT2D eigenvalue weighted by atomic mass is 9.95. The van der Waals surface area contributed by atoms with E-state index in [-0.39, 0.29) is 11.3 Å². The van der Waals surface area contributed by atoms with Crippen LogP contribution < -0.4 is 14.2 Å². The van der Waals surface area contributed by atoms with Gasteiger partial charge >= 0.3 is 0 Å². The van der Waals surface area contributed by atoms with Gasteiger partial charge in [-0.3, -0.25) is 14.5 Å². The van der Waals surface area contributed by atoms with E-state index in [9.17, 15) is 14.7 Å². The van der Waals surface area contributed by atoms with Gasteiger partial charge in [0, 0.05) is 31.7 Å². The van der Waals surface area contributed by atoms with Crippen LogP contribution in [0.5, 0.6) is 17.2 Å². The van der Waals surface area contributed by atoms with Crippen LogP contribution in [0.2, 0.25) is 0 Å². The summed E-state index contributed by atoms with van der Waals surface area (Å²) in [6, 6.07) is 11.1. The largest absolute Gasteiger partial charge is 0.507 e. The molecule has 2 saturated heterocycles. The Hall–Kier alpha value is -3.82. The molecule has 1 N–H and O–H groups in total. The van der Waals surface area contributed by atoms with Gasteiger partial charge < -0.3 is 29.0 Å². The van der Waals surface area contributed by atoms with Crippen LogP contribution in [-0.2, 0) is 14.3 Å². The zero-order valence-corrected chi connectivity index (χ0v) is 21.1. The highest BCUT2D eigenvalue weighted by molar-refractivity contribution is 6.46. The van der Waals surface area contributed by atoms with Gasteiger partial charge in [-0.15, -0.1) is 0 Å². The number of likely N-dealkylation sites (tertiary alicyclic amines) is 1. The number of aliphatic hydroxyl groups excluding tert-OH is 1. The first kappa shape index (κ1) is 26.2. The second-order valence-electron chi connectivity index (χ2n) is 8.68. The van der Waals surface area contributed by atoms with Gasteiger partial charge in [0.05, 0.1) is 39.0 Å². The number of hydrogen-bond acceptors (Lipinski definition) is 8. The fourth-order valence-corrected chi connectivity index (χ4v) is 4.56. The van der Waals surface area contributed by atoms with Gasteiger partial charge in [0.1, 0.15) is 18.1 Å². The lowest BCUT2D eigenvalue weighted by Gasteiger charge is -2.31. The summed E-state index contributed by atoms with van der Waals surface area (Å²) in [6.07, 6.45) is 1.63. The van der Waals surface area contributed by atoms with Crippen LogP contribution in [0.1, 0.15) is 17.2 Å². The Morgan fingerprint density at radius 3 is 2.43 bits per heavy atom. The zero-order valence-electron chi connectivity index (χ0n) is 21.1. The molecule has 4 rings (SSSR count). The second-order valence-corrected chi connectivity index (χ2v) is 8.68. The molecule has 1 unspecified atom stereocenters. The molecule has 0 radical (unpaired) electrons. The molecule has 1 amide bonds. The lowest BCUT2D eigenvalue weighted by molar-refractivity contribution is -0.140. The molecule has 0 aliphatic carbocycles. The van der Waals surface area contributed by atoms with Crippen molar-refractivity contribution in [2.24, 2.45) is 0 Å². The van der Waals surface area contributed by atoms with Crippen molar-refractivity contribution in [2.75, 3.05) is 60.2 Å². The quantitative estimate of drug-likeness (QED) is 0.226. The molecule has 0 aromatic heterocycles. The van der Waals surface area contributed by atoms with Gasteiger partial charge in [-0.05, 0) is 42.0 Å². The Morgan fingerprint density at radius 1 is 1.05 bits per heavy atom. The molecule has 0 spiro atoms. The number of ketones is 1. The highest BCUT2D eigenvalue weighted by Crippen LogP contribution is 2.42. The van der Waals surface area contributed by atoms with Gasteiger partial charge in [0.15, 0.2) is 11.5 Å². The third kappa shape index (κ3) is 5.63. The number of nitrogens with zero attached hydrogens (tertiary/aromatic N) is 2. The van der Waals surface area contributed by atoms with E-state index in [4.69, 9.17) is 18.9 Å². The molecular weight excluding hydrogens is 476 g/mol. The minimum atomic E-state index is -0.800. The molecule has 9 heteroatoms. The van der Waals surface area contributed by atoms with Crippen LogP contribution in [0.4, 0.5) is 0 Å². The first-order chi connectivity index (χ1) is 18.0. The SMILES string of the molecule is C=CCOc1ccc(C2C(=C(O)c3ccc(OC)cc3)C(=O)C(=O)N2CCN2CCOCC2)cc1OC. The van der Waals surface area contributed by atoms with E-state index < -0.39 is 17.7 Å². The van der Waals surface area contributed by atoms with Crippen molar-refractivity contribution >= 4 is 17.4 Å². The highest BCUT2D eigenvalue weighted by Gasteiger charge is 2.46. The topological polar surface area (TPSA) is 97.8 Å². The summed E-state index contributed by atoms with van der Waals surface area (Å²) in [6.45, 7) is 7.61. The maximum atomic E-state index is 13.3. The van der Waals surface area contributed by atoms with E-state index in [1.165, 1.54) is 12.0 Å². The van der Waals surface area contributed by atoms with Crippen molar-refractivity contribution in [2.45, 2.75) is 6.04 Å². The van der Waals surface area contributed by atoms with Crippen molar-refractivity contribution in [1.29, 1.82) is 0 Å². The number of ether oxygens (including phenoxy) is 4. The standard InChI is InChI=1S/C28H32N2O7/c1-4-15-37-22-10-7-20(18-23(22)35-3)25-24(26(31)19-5-8-21(34-2)9-6-19)27(32)28(33)30(25)12-11-29-13-16-36-17-14-29/h4-10,18,25,31H,1,11-17H2,2-3H3. The average Bonchev–Trinajstić information content (AvgIpc) is 3.20. The molecule has 196 valence electrons. The van der Waals surface area contributed by atoms with Crippen LogP contribution in [0.3, 0.4) is 0 Å². The molecule has 37 heavy (non-hydrogen) atoms. The van der Waals surface area contributed by atoms with Gasteiger partial charge in [0.25, 0.3) is 11.7 Å². The number of carbonyl (C=O) groups excluding carboxylic acids is 2. The monoisotopic (exact) mass is 508 g/mol. The summed E-state index contributed by atoms with van der Waals surface area (Å²) in [5.74, 6) is -0.0654. The number of benzene rings is 2. The van der Waals surface area contributed by atoms with Gasteiger partial charge in [-0.25, -0.2) is 0 Å². The molecule has 2 heterocycles. The molecule has 0 bridgehead atoms. The van der Waals surface area contributed by atoms with E-state index in [2.05, 4.69) is 11.5 Å². The molecule has 2 aromatic rings. The van der Waals surface area contributed by atoms with Crippen molar-refractivity contribution in [3.05, 3.63) is 71.8 Å². The van der Waals surface area contributed by atoms with Crippen molar-refractivity contribution < 1.29 is 33.6 Å². The van der Waals surface area contributed by atoms with Crippen LogP contribution in [-0.4, -0.2) is 86.8 Å². The smallest absolute Gasteiger partial charge is 0.295 e. The van der Waals surface area contributed by atoms with Gasteiger partial charge in [-0.2, -0.15) is 0 Å². The summed E-state index contributed by atoms with van der Waals surface area (Å²) in [5.41, 5.74) is 1.06. The van der Waals surface area contributed by atoms with Crippen molar-refractivity contribution in [3.8, 4) is 17.2 Å². The van der Waals surface area contributed by atoms with Gasteiger partial charge in [-0.1, -0.05) is 18.7 Å². The van der Waals surface area contributed by atoms with Crippen molar-refractivity contribution in [1.82, 2.24) is 9.80 Å². The maximum Gasteiger partial charge on any atom is 0.295 e. The van der Waals surface area contributed by atoms with E-state index in [0.717, 1.165) is 13.1 Å². The average molecular weight is 509 g/mol. The zero-order chi connectivity index (χ0) is 26.4. The second kappa shape index (κ2) is 11.9. The van der Waals surface area contributed by atoms with Crippen molar-refractivity contribution in [3.63, 3.8) is 0 Å². The predicted molar refractivity (Wildman–Crippen MR) is 138 cm³/mol. The van der Waals surface area contributed by atoms with Crippen LogP contribution in [0.25, 0.3) is 5.76 Å². The number of amides is 1. The Kier molecular flexibility index (Phi) is 8.47. The minimum absolute atomic E-state index is 0.0268. The molecule has 2 fully saturated rings. The van der Waals surface area contributed by atoms with Crippen LogP contribution >= 0.6 is 0 Å². The normalized spacial score (nSPS) is 19.6. The molecule has 2 aliphatic rings. The summed E-state index contributed by atoms with van der Waals surface area (Å²) >= 11 is 0. The molecule has 1 atom stereocenters. The molecule has 9 nitrogen and oxygen atoms in total. The Bertz CT molecular complexity index is 1170. The summed E-state index contributed by atoms with van der Waals surface area (Å²) in [7, 11) is 3.07. The summed E-state index contributed by atoms with van der Waals surface area (Å²) in [4.78, 5) is 30.3. The third-order valence-electron chi connectivity index (χ3n) is 6.52. The summed E-state index contributed by atoms with van der Waals surface area (Å²) < 4.78 is 21.8. The molecular formula is C28H32N2O7. The first-order valence-corrected chi connectivity index (χ1v) is 12.1. The number of morpholine rings is 1. The number of hydrogen-bond donors (Lipinski definition) is 1. The summed E-state index contributed by atoms with van der Waals surface area (Å²) in [5, 5.41) is 11.3. The van der Waals surface area contributed by atoms with Crippen LogP contribution in [0, 0.1) is 0 Å². The Balaban J connectivity index is 1.76. The maximum absolute atomic E-state index is 13.3. The Morgan fingerprint density at radius 2 is 1.78 bits per heavy atom. The number of Topliss-reactive ketones (excluding diaryl/α,β-unsaturated/α-hetero) is 1. The number of rotatable bonds is 10. The fourth-order valence-electron chi connectivity index (χ4n) is 4.56. The van der Waals surface area contributed by atoms with E-state index in [1.54, 1.807) is 55.7 Å². The Labute approximate surface area is 216 Å². The highest BCUT2D eigenvalue weighted by atomic mass is 16.5. The first-order valence-electron chi connectivity index (χ1n) is 12.1. The molecule has 0 saturated carbocycles. The number of methoxy groups -OCH3 is 2. The minimum Gasteiger partial charge on any atom is -0.507 e. The van der Waals surface area contributed by atoms with Gasteiger partial charge in [0.2, 0.25) is 0 Å². The molecule has 2 aromatic carbocycles.